The van der Waals surface area contributed by atoms with Crippen LogP contribution in [-0.2, 0) is 4.79 Å². The van der Waals surface area contributed by atoms with Gasteiger partial charge < -0.3 is 10.4 Å². The molecule has 9 heteroatoms. The molecule has 0 fully saturated rings. The smallest absolute Gasteiger partial charge is 0.313 e. The minimum absolute atomic E-state index is 0.0109. The molecule has 0 saturated heterocycles. The van der Waals surface area contributed by atoms with Crippen LogP contribution in [0.5, 0.6) is 0 Å². The summed E-state index contributed by atoms with van der Waals surface area (Å²) in [6, 6.07) is 5.89. The van der Waals surface area contributed by atoms with Crippen molar-refractivity contribution in [2.45, 2.75) is 4.34 Å². The van der Waals surface area contributed by atoms with Crippen molar-refractivity contribution in [2.75, 3.05) is 11.1 Å². The highest BCUT2D eigenvalue weighted by Gasteiger charge is 2.08. The number of rotatable bonds is 5. The molecule has 2 rings (SSSR count). The highest BCUT2D eigenvalue weighted by Crippen LogP contribution is 2.30. The predicted octanol–water partition coefficient (Wildman–Crippen LogP) is 3.83. The third kappa shape index (κ3) is 4.58. The Balaban J connectivity index is 2.07. The first kappa shape index (κ1) is 15.0. The third-order valence-electron chi connectivity index (χ3n) is 1.90. The molecule has 0 unspecified atom stereocenters. The van der Waals surface area contributed by atoms with E-state index >= 15 is 0 Å². The van der Waals surface area contributed by atoms with Crippen molar-refractivity contribution in [1.82, 2.24) is 10.2 Å². The van der Waals surface area contributed by atoms with Crippen molar-refractivity contribution < 1.29 is 9.90 Å². The summed E-state index contributed by atoms with van der Waals surface area (Å²) in [5.74, 6) is -0.875. The number of aromatic nitrogens is 2. The van der Waals surface area contributed by atoms with Gasteiger partial charge in [0.15, 0.2) is 4.34 Å². The molecular formula is C10H7BrIN3O2S2. The van der Waals surface area contributed by atoms with Crippen LogP contribution in [0.3, 0.4) is 0 Å². The number of carbonyl (C=O) groups is 1. The minimum Gasteiger partial charge on any atom is -0.481 e. The molecule has 0 amide bonds. The van der Waals surface area contributed by atoms with Crippen LogP contribution in [0.2, 0.25) is 0 Å². The third-order valence-corrected chi connectivity index (χ3v) is 5.29. The van der Waals surface area contributed by atoms with E-state index in [-0.39, 0.29) is 5.75 Å². The van der Waals surface area contributed by atoms with Gasteiger partial charge >= 0.3 is 5.97 Å². The Morgan fingerprint density at radius 2 is 2.32 bits per heavy atom. The highest BCUT2D eigenvalue weighted by molar-refractivity contribution is 14.1. The number of benzene rings is 1. The average Bonchev–Trinajstić information content (AvgIpc) is 2.79. The highest BCUT2D eigenvalue weighted by atomic mass is 127. The van der Waals surface area contributed by atoms with E-state index in [4.69, 9.17) is 5.11 Å². The first-order valence-corrected chi connectivity index (χ1v) is 8.62. The second-order valence-corrected chi connectivity index (χ2v) is 7.58. The van der Waals surface area contributed by atoms with Gasteiger partial charge in [-0.15, -0.1) is 10.2 Å². The Labute approximate surface area is 139 Å². The number of carboxylic acids is 1. The van der Waals surface area contributed by atoms with E-state index in [9.17, 15) is 4.79 Å². The summed E-state index contributed by atoms with van der Waals surface area (Å²) in [6.07, 6.45) is 0. The maximum absolute atomic E-state index is 10.5. The number of nitrogens with zero attached hydrogens (tertiary/aromatic N) is 2. The predicted molar refractivity (Wildman–Crippen MR) is 88.4 cm³/mol. The van der Waals surface area contributed by atoms with Crippen molar-refractivity contribution in [3.63, 3.8) is 0 Å². The SMILES string of the molecule is O=C(O)CSc1nnc(Nc2cc(Br)ccc2I)s1. The molecule has 19 heavy (non-hydrogen) atoms. The van der Waals surface area contributed by atoms with Crippen LogP contribution in [0.25, 0.3) is 0 Å². The number of aliphatic carboxylic acids is 1. The van der Waals surface area contributed by atoms with E-state index in [1.54, 1.807) is 0 Å². The van der Waals surface area contributed by atoms with Crippen molar-refractivity contribution in [2.24, 2.45) is 0 Å². The van der Waals surface area contributed by atoms with Crippen molar-refractivity contribution in [3.05, 3.63) is 26.2 Å². The van der Waals surface area contributed by atoms with E-state index < -0.39 is 5.97 Å². The summed E-state index contributed by atoms with van der Waals surface area (Å²) >= 11 is 8.13. The minimum atomic E-state index is -0.865. The molecule has 0 saturated carbocycles. The lowest BCUT2D eigenvalue weighted by molar-refractivity contribution is -0.133. The monoisotopic (exact) mass is 471 g/mol. The van der Waals surface area contributed by atoms with Crippen LogP contribution >= 0.6 is 61.6 Å². The Morgan fingerprint density at radius 3 is 3.05 bits per heavy atom. The number of carboxylic acid groups (broad SMARTS) is 1. The molecule has 1 aromatic carbocycles. The molecule has 1 heterocycles. The summed E-state index contributed by atoms with van der Waals surface area (Å²) < 4.78 is 2.67. The summed E-state index contributed by atoms with van der Waals surface area (Å²) in [6.45, 7) is 0. The van der Waals surface area contributed by atoms with Gasteiger partial charge in [-0.1, -0.05) is 39.0 Å². The normalized spacial score (nSPS) is 10.4. The van der Waals surface area contributed by atoms with Gasteiger partial charge in [0.1, 0.15) is 0 Å². The number of halogens is 2. The molecule has 1 aromatic heterocycles. The fourth-order valence-electron chi connectivity index (χ4n) is 1.15. The summed E-state index contributed by atoms with van der Waals surface area (Å²) in [5, 5.41) is 20.3. The van der Waals surface area contributed by atoms with Crippen LogP contribution in [0.15, 0.2) is 27.0 Å². The van der Waals surface area contributed by atoms with E-state index in [1.807, 2.05) is 18.2 Å². The van der Waals surface area contributed by atoms with Gasteiger partial charge in [0.05, 0.1) is 11.4 Å². The van der Waals surface area contributed by atoms with Crippen LogP contribution in [-0.4, -0.2) is 27.0 Å². The first-order valence-electron chi connectivity index (χ1n) is 4.95. The lowest BCUT2D eigenvalue weighted by Crippen LogP contribution is -1.96. The lowest BCUT2D eigenvalue weighted by Gasteiger charge is -2.05. The van der Waals surface area contributed by atoms with Gasteiger partial charge in [-0.05, 0) is 40.8 Å². The molecule has 0 aliphatic heterocycles. The molecule has 2 N–H and O–H groups in total. The van der Waals surface area contributed by atoms with Gasteiger partial charge in [-0.2, -0.15) is 0 Å². The number of thioether (sulfide) groups is 1. The molecule has 0 spiro atoms. The average molecular weight is 472 g/mol. The zero-order chi connectivity index (χ0) is 13.8. The molecular weight excluding hydrogens is 465 g/mol. The molecule has 2 aromatic rings. The van der Waals surface area contributed by atoms with Gasteiger partial charge in [-0.3, -0.25) is 4.79 Å². The Bertz CT molecular complexity index is 608. The Kier molecular flexibility index (Phi) is 5.42. The van der Waals surface area contributed by atoms with E-state index in [2.05, 4.69) is 54.0 Å². The van der Waals surface area contributed by atoms with Crippen molar-refractivity contribution >= 4 is 78.4 Å². The Hall–Kier alpha value is -0.390. The molecule has 0 radical (unpaired) electrons. The zero-order valence-electron chi connectivity index (χ0n) is 9.26. The van der Waals surface area contributed by atoms with Crippen LogP contribution in [0.4, 0.5) is 10.8 Å². The maximum atomic E-state index is 10.5. The summed E-state index contributed by atoms with van der Waals surface area (Å²) in [4.78, 5) is 10.5. The van der Waals surface area contributed by atoms with E-state index in [0.717, 1.165) is 25.5 Å². The second-order valence-electron chi connectivity index (χ2n) is 3.30. The molecule has 0 aliphatic carbocycles. The molecule has 5 nitrogen and oxygen atoms in total. The van der Waals surface area contributed by atoms with Crippen LogP contribution in [0, 0.1) is 3.57 Å². The molecule has 0 aliphatic rings. The second kappa shape index (κ2) is 6.86. The van der Waals surface area contributed by atoms with E-state index in [1.165, 1.54) is 11.3 Å². The van der Waals surface area contributed by atoms with Gasteiger partial charge in [-0.25, -0.2) is 0 Å². The van der Waals surface area contributed by atoms with Crippen molar-refractivity contribution in [3.8, 4) is 0 Å². The fraction of sp³-hybridized carbons (Fsp3) is 0.100. The number of nitrogens with one attached hydrogen (secondary N) is 1. The summed E-state index contributed by atoms with van der Waals surface area (Å²) in [7, 11) is 0. The number of anilines is 2. The first-order chi connectivity index (χ1) is 9.04. The van der Waals surface area contributed by atoms with E-state index in [0.29, 0.717) is 9.47 Å². The van der Waals surface area contributed by atoms with Gasteiger partial charge in [0.2, 0.25) is 5.13 Å². The number of hydrogen-bond donors (Lipinski definition) is 2. The summed E-state index contributed by atoms with van der Waals surface area (Å²) in [5.41, 5.74) is 0.931. The van der Waals surface area contributed by atoms with Gasteiger partial charge in [0.25, 0.3) is 0 Å². The largest absolute Gasteiger partial charge is 0.481 e. The van der Waals surface area contributed by atoms with Crippen LogP contribution in [0.1, 0.15) is 0 Å². The zero-order valence-corrected chi connectivity index (χ0v) is 14.6. The fourth-order valence-corrected chi connectivity index (χ4v) is 3.47. The standard InChI is InChI=1S/C10H7BrIN3O2S2/c11-5-1-2-6(12)7(3-5)13-9-14-15-10(19-9)18-4-8(16)17/h1-3H,4H2,(H,13,14)(H,16,17). The van der Waals surface area contributed by atoms with Crippen LogP contribution < -0.4 is 5.32 Å². The maximum Gasteiger partial charge on any atom is 0.313 e. The molecule has 0 atom stereocenters. The molecule has 0 bridgehead atoms. The lowest BCUT2D eigenvalue weighted by atomic mass is 10.3. The quantitative estimate of drug-likeness (QED) is 0.510. The topological polar surface area (TPSA) is 75.1 Å². The number of hydrogen-bond acceptors (Lipinski definition) is 6. The Morgan fingerprint density at radius 1 is 1.53 bits per heavy atom. The molecule has 100 valence electrons. The van der Waals surface area contributed by atoms with Gasteiger partial charge in [0, 0.05) is 8.04 Å². The van der Waals surface area contributed by atoms with Crippen molar-refractivity contribution in [1.29, 1.82) is 0 Å².